The number of rotatable bonds is 6. The SMILES string of the molecule is CC(=O)OCCC(C)(COC(C)=O)C1(C)OC(=O)CC1C. The summed E-state index contributed by atoms with van der Waals surface area (Å²) in [4.78, 5) is 33.7. The van der Waals surface area contributed by atoms with Crippen molar-refractivity contribution in [2.45, 2.75) is 53.1 Å². The Morgan fingerprint density at radius 1 is 1.33 bits per heavy atom. The first kappa shape index (κ1) is 17.5. The van der Waals surface area contributed by atoms with Crippen molar-refractivity contribution in [3.63, 3.8) is 0 Å². The van der Waals surface area contributed by atoms with Crippen molar-refractivity contribution in [1.82, 2.24) is 0 Å². The van der Waals surface area contributed by atoms with Gasteiger partial charge in [-0.3, -0.25) is 14.4 Å². The first-order chi connectivity index (χ1) is 9.60. The standard InChI is InChI=1S/C15H24O6/c1-10-8-13(18)21-15(10,5)14(4,9-20-12(3)17)6-7-19-11(2)16/h10H,6-9H2,1-5H3. The molecular weight excluding hydrogens is 276 g/mol. The third-order valence-electron chi connectivity index (χ3n) is 4.49. The van der Waals surface area contributed by atoms with Crippen molar-refractivity contribution in [2.75, 3.05) is 13.2 Å². The van der Waals surface area contributed by atoms with Crippen LogP contribution in [0.3, 0.4) is 0 Å². The maximum absolute atomic E-state index is 11.6. The number of esters is 3. The van der Waals surface area contributed by atoms with Crippen LogP contribution in [0.5, 0.6) is 0 Å². The van der Waals surface area contributed by atoms with E-state index in [0.717, 1.165) is 0 Å². The van der Waals surface area contributed by atoms with Crippen molar-refractivity contribution in [3.05, 3.63) is 0 Å². The first-order valence-electron chi connectivity index (χ1n) is 7.09. The highest BCUT2D eigenvalue weighted by Crippen LogP contribution is 2.48. The van der Waals surface area contributed by atoms with E-state index in [2.05, 4.69) is 0 Å². The third-order valence-corrected chi connectivity index (χ3v) is 4.49. The third kappa shape index (κ3) is 3.95. The van der Waals surface area contributed by atoms with Gasteiger partial charge in [-0.15, -0.1) is 0 Å². The predicted molar refractivity (Wildman–Crippen MR) is 74.3 cm³/mol. The van der Waals surface area contributed by atoms with E-state index in [1.807, 2.05) is 20.8 Å². The molecule has 21 heavy (non-hydrogen) atoms. The van der Waals surface area contributed by atoms with E-state index >= 15 is 0 Å². The van der Waals surface area contributed by atoms with Crippen LogP contribution in [0.15, 0.2) is 0 Å². The molecule has 1 saturated heterocycles. The molecule has 1 aliphatic rings. The monoisotopic (exact) mass is 300 g/mol. The number of ether oxygens (including phenoxy) is 3. The second-order valence-corrected chi connectivity index (χ2v) is 6.12. The van der Waals surface area contributed by atoms with Crippen LogP contribution >= 0.6 is 0 Å². The molecular formula is C15H24O6. The molecule has 0 aliphatic carbocycles. The minimum atomic E-state index is -0.764. The molecule has 3 unspecified atom stereocenters. The molecule has 0 N–H and O–H groups in total. The maximum atomic E-state index is 11.6. The predicted octanol–water partition coefficient (Wildman–Crippen LogP) is 1.85. The largest absolute Gasteiger partial charge is 0.466 e. The fourth-order valence-corrected chi connectivity index (χ4v) is 2.69. The average molecular weight is 300 g/mol. The molecule has 0 bridgehead atoms. The minimum Gasteiger partial charge on any atom is -0.466 e. The number of cyclic esters (lactones) is 1. The highest BCUT2D eigenvalue weighted by Gasteiger charge is 2.55. The summed E-state index contributed by atoms with van der Waals surface area (Å²) in [5.74, 6) is -1.03. The molecule has 1 fully saturated rings. The van der Waals surface area contributed by atoms with Crippen LogP contribution in [-0.2, 0) is 28.6 Å². The van der Waals surface area contributed by atoms with Gasteiger partial charge in [0.1, 0.15) is 12.2 Å². The molecule has 0 amide bonds. The zero-order chi connectivity index (χ0) is 16.3. The Kier molecular flexibility index (Phi) is 5.36. The van der Waals surface area contributed by atoms with E-state index < -0.39 is 17.0 Å². The average Bonchev–Trinajstić information content (AvgIpc) is 2.61. The van der Waals surface area contributed by atoms with Crippen molar-refractivity contribution in [1.29, 1.82) is 0 Å². The molecule has 0 aromatic rings. The molecule has 0 spiro atoms. The molecule has 1 rings (SSSR count). The van der Waals surface area contributed by atoms with E-state index in [0.29, 0.717) is 12.8 Å². The van der Waals surface area contributed by atoms with Gasteiger partial charge in [0.05, 0.1) is 13.0 Å². The normalized spacial score (nSPS) is 27.7. The second-order valence-electron chi connectivity index (χ2n) is 6.12. The topological polar surface area (TPSA) is 78.9 Å². The number of hydrogen-bond donors (Lipinski definition) is 0. The maximum Gasteiger partial charge on any atom is 0.306 e. The summed E-state index contributed by atoms with van der Waals surface area (Å²) < 4.78 is 15.7. The number of carbonyl (C=O) groups excluding carboxylic acids is 3. The van der Waals surface area contributed by atoms with Crippen LogP contribution in [0.1, 0.15) is 47.5 Å². The zero-order valence-corrected chi connectivity index (χ0v) is 13.4. The summed E-state index contributed by atoms with van der Waals surface area (Å²) in [5, 5.41) is 0. The highest BCUT2D eigenvalue weighted by molar-refractivity contribution is 5.73. The molecule has 6 nitrogen and oxygen atoms in total. The van der Waals surface area contributed by atoms with Gasteiger partial charge >= 0.3 is 17.9 Å². The molecule has 0 radical (unpaired) electrons. The number of hydrogen-bond acceptors (Lipinski definition) is 6. The van der Waals surface area contributed by atoms with Gasteiger partial charge in [0, 0.05) is 25.2 Å². The zero-order valence-electron chi connectivity index (χ0n) is 13.4. The lowest BCUT2D eigenvalue weighted by Gasteiger charge is -2.44. The Labute approximate surface area is 125 Å². The van der Waals surface area contributed by atoms with E-state index in [1.165, 1.54) is 13.8 Å². The van der Waals surface area contributed by atoms with Crippen LogP contribution in [0.2, 0.25) is 0 Å². The van der Waals surface area contributed by atoms with Crippen LogP contribution in [0.25, 0.3) is 0 Å². The quantitative estimate of drug-likeness (QED) is 0.550. The number of carbonyl (C=O) groups is 3. The first-order valence-corrected chi connectivity index (χ1v) is 7.09. The van der Waals surface area contributed by atoms with Crippen molar-refractivity contribution >= 4 is 17.9 Å². The molecule has 0 aromatic carbocycles. The fraction of sp³-hybridized carbons (Fsp3) is 0.800. The smallest absolute Gasteiger partial charge is 0.306 e. The van der Waals surface area contributed by atoms with Gasteiger partial charge in [-0.1, -0.05) is 13.8 Å². The van der Waals surface area contributed by atoms with Crippen LogP contribution in [0.4, 0.5) is 0 Å². The van der Waals surface area contributed by atoms with Gasteiger partial charge in [0.15, 0.2) is 0 Å². The summed E-state index contributed by atoms with van der Waals surface area (Å²) in [6.45, 7) is 8.63. The molecule has 120 valence electrons. The fourth-order valence-electron chi connectivity index (χ4n) is 2.69. The summed E-state index contributed by atoms with van der Waals surface area (Å²) in [7, 11) is 0. The van der Waals surface area contributed by atoms with Gasteiger partial charge in [-0.05, 0) is 13.3 Å². The van der Waals surface area contributed by atoms with Crippen molar-refractivity contribution in [3.8, 4) is 0 Å². The van der Waals surface area contributed by atoms with Gasteiger partial charge in [-0.2, -0.15) is 0 Å². The van der Waals surface area contributed by atoms with Crippen LogP contribution in [0, 0.1) is 11.3 Å². The lowest BCUT2D eigenvalue weighted by Crippen LogP contribution is -2.51. The van der Waals surface area contributed by atoms with E-state index in [1.54, 1.807) is 0 Å². The lowest BCUT2D eigenvalue weighted by atomic mass is 9.67. The summed E-state index contributed by atoms with van der Waals surface area (Å²) in [5.41, 5.74) is -1.39. The van der Waals surface area contributed by atoms with Crippen LogP contribution < -0.4 is 0 Å². The molecule has 1 heterocycles. The Balaban J connectivity index is 2.91. The van der Waals surface area contributed by atoms with E-state index in [-0.39, 0.29) is 31.1 Å². The summed E-state index contributed by atoms with van der Waals surface area (Å²) in [6.07, 6.45) is 0.772. The van der Waals surface area contributed by atoms with E-state index in [9.17, 15) is 14.4 Å². The Hall–Kier alpha value is -1.59. The Morgan fingerprint density at radius 3 is 2.33 bits per heavy atom. The van der Waals surface area contributed by atoms with Gasteiger partial charge < -0.3 is 14.2 Å². The van der Waals surface area contributed by atoms with Crippen LogP contribution in [-0.4, -0.2) is 36.7 Å². The second kappa shape index (κ2) is 6.45. The van der Waals surface area contributed by atoms with E-state index in [4.69, 9.17) is 14.2 Å². The summed E-state index contributed by atoms with van der Waals surface area (Å²) >= 11 is 0. The lowest BCUT2D eigenvalue weighted by molar-refractivity contribution is -0.175. The molecule has 0 saturated carbocycles. The minimum absolute atomic E-state index is 0.0112. The Morgan fingerprint density at radius 2 is 1.90 bits per heavy atom. The van der Waals surface area contributed by atoms with Gasteiger partial charge in [0.25, 0.3) is 0 Å². The molecule has 6 heteroatoms. The summed E-state index contributed by atoms with van der Waals surface area (Å²) in [6, 6.07) is 0. The Bertz CT molecular complexity index is 432. The van der Waals surface area contributed by atoms with Gasteiger partial charge in [0.2, 0.25) is 0 Å². The van der Waals surface area contributed by atoms with Crippen molar-refractivity contribution < 1.29 is 28.6 Å². The van der Waals surface area contributed by atoms with Crippen molar-refractivity contribution in [2.24, 2.45) is 11.3 Å². The van der Waals surface area contributed by atoms with Gasteiger partial charge in [-0.25, -0.2) is 0 Å². The molecule has 1 aliphatic heterocycles. The molecule has 0 aromatic heterocycles. The highest BCUT2D eigenvalue weighted by atomic mass is 16.6. The molecule has 3 atom stereocenters.